The van der Waals surface area contributed by atoms with Gasteiger partial charge in [-0.05, 0) is 64.4 Å². The Morgan fingerprint density at radius 1 is 1.29 bits per heavy atom. The Morgan fingerprint density at radius 2 is 2.00 bits per heavy atom. The molecule has 0 aromatic carbocycles. The fraction of sp³-hybridized carbons (Fsp3) is 1.00. The molecule has 0 aromatic heterocycles. The minimum atomic E-state index is 0.792. The van der Waals surface area contributed by atoms with E-state index in [0.717, 1.165) is 6.04 Å². The number of unbranched alkanes of at least 4 members (excludes halogenated alkanes) is 1. The van der Waals surface area contributed by atoms with E-state index in [9.17, 15) is 0 Å². The first kappa shape index (κ1) is 12.3. The lowest BCUT2D eigenvalue weighted by molar-refractivity contribution is 0.234. The highest BCUT2D eigenvalue weighted by molar-refractivity contribution is 7.98. The van der Waals surface area contributed by atoms with Crippen LogP contribution in [-0.2, 0) is 0 Å². The summed E-state index contributed by atoms with van der Waals surface area (Å²) >= 11 is 1.95. The van der Waals surface area contributed by atoms with Crippen LogP contribution < -0.4 is 5.32 Å². The van der Waals surface area contributed by atoms with Crippen LogP contribution in [0.4, 0.5) is 0 Å². The lowest BCUT2D eigenvalue weighted by Gasteiger charge is -2.29. The Labute approximate surface area is 92.8 Å². The summed E-state index contributed by atoms with van der Waals surface area (Å²) in [6.45, 7) is 3.75. The molecule has 0 atom stereocenters. The average Bonchev–Trinajstić information content (AvgIpc) is 2.21. The molecule has 1 heterocycles. The highest BCUT2D eigenvalue weighted by Crippen LogP contribution is 2.08. The molecule has 0 saturated carbocycles. The van der Waals surface area contributed by atoms with Crippen molar-refractivity contribution in [2.45, 2.75) is 31.7 Å². The van der Waals surface area contributed by atoms with Gasteiger partial charge in [0.15, 0.2) is 0 Å². The number of nitrogens with one attached hydrogen (secondary N) is 1. The summed E-state index contributed by atoms with van der Waals surface area (Å²) in [5, 5.41) is 3.67. The van der Waals surface area contributed by atoms with Gasteiger partial charge in [-0.3, -0.25) is 0 Å². The number of thioether (sulfide) groups is 1. The Hall–Kier alpha value is 0.270. The molecule has 1 aliphatic rings. The number of piperidine rings is 1. The fourth-order valence-corrected chi connectivity index (χ4v) is 2.38. The maximum absolute atomic E-state index is 3.67. The van der Waals surface area contributed by atoms with Gasteiger partial charge in [0.25, 0.3) is 0 Å². The zero-order valence-electron chi connectivity index (χ0n) is 9.59. The third-order valence-corrected chi connectivity index (χ3v) is 3.62. The molecule has 3 heteroatoms. The van der Waals surface area contributed by atoms with E-state index in [1.807, 2.05) is 11.8 Å². The molecule has 0 aromatic rings. The van der Waals surface area contributed by atoms with Gasteiger partial charge in [-0.25, -0.2) is 0 Å². The Bertz CT molecular complexity index is 133. The van der Waals surface area contributed by atoms with Crippen LogP contribution in [0.25, 0.3) is 0 Å². The fourth-order valence-electron chi connectivity index (χ4n) is 1.89. The second kappa shape index (κ2) is 7.55. The summed E-state index contributed by atoms with van der Waals surface area (Å²) in [5.74, 6) is 1.31. The van der Waals surface area contributed by atoms with Crippen molar-refractivity contribution < 1.29 is 0 Å². The van der Waals surface area contributed by atoms with E-state index in [0.29, 0.717) is 0 Å². The molecule has 14 heavy (non-hydrogen) atoms. The van der Waals surface area contributed by atoms with Gasteiger partial charge in [-0.15, -0.1) is 0 Å². The molecule has 1 N–H and O–H groups in total. The maximum atomic E-state index is 3.67. The van der Waals surface area contributed by atoms with E-state index in [1.54, 1.807) is 0 Å². The number of hydrogen-bond acceptors (Lipinski definition) is 3. The molecule has 1 fully saturated rings. The van der Waals surface area contributed by atoms with E-state index in [1.165, 1.54) is 51.1 Å². The van der Waals surface area contributed by atoms with Crippen LogP contribution in [0.5, 0.6) is 0 Å². The second-order valence-electron chi connectivity index (χ2n) is 4.23. The zero-order chi connectivity index (χ0) is 10.2. The molecular formula is C11H24N2S. The summed E-state index contributed by atoms with van der Waals surface area (Å²) in [6.07, 6.45) is 7.55. The second-order valence-corrected chi connectivity index (χ2v) is 5.22. The van der Waals surface area contributed by atoms with Gasteiger partial charge in [0.05, 0.1) is 0 Å². The Kier molecular flexibility index (Phi) is 6.65. The van der Waals surface area contributed by atoms with Crippen molar-refractivity contribution in [3.05, 3.63) is 0 Å². The average molecular weight is 216 g/mol. The first-order chi connectivity index (χ1) is 6.83. The maximum Gasteiger partial charge on any atom is 0.00914 e. The van der Waals surface area contributed by atoms with Crippen molar-refractivity contribution in [1.29, 1.82) is 0 Å². The van der Waals surface area contributed by atoms with Crippen LogP contribution in [0.15, 0.2) is 0 Å². The van der Waals surface area contributed by atoms with Gasteiger partial charge in [-0.1, -0.05) is 0 Å². The summed E-state index contributed by atoms with van der Waals surface area (Å²) in [6, 6.07) is 0.792. The van der Waals surface area contributed by atoms with Crippen LogP contribution in [0.3, 0.4) is 0 Å². The predicted molar refractivity (Wildman–Crippen MR) is 66.1 cm³/mol. The molecule has 2 nitrogen and oxygen atoms in total. The third-order valence-electron chi connectivity index (χ3n) is 2.93. The predicted octanol–water partition coefficient (Wildman–Crippen LogP) is 1.81. The van der Waals surface area contributed by atoms with Crippen LogP contribution in [-0.4, -0.2) is 49.6 Å². The third kappa shape index (κ3) is 5.23. The van der Waals surface area contributed by atoms with Gasteiger partial charge in [0.1, 0.15) is 0 Å². The molecular weight excluding hydrogens is 192 g/mol. The molecule has 0 amide bonds. The quantitative estimate of drug-likeness (QED) is 0.682. The van der Waals surface area contributed by atoms with Crippen LogP contribution >= 0.6 is 11.8 Å². The van der Waals surface area contributed by atoms with E-state index in [2.05, 4.69) is 23.5 Å². The molecule has 1 aliphatic heterocycles. The minimum absolute atomic E-state index is 0.792. The minimum Gasteiger partial charge on any atom is -0.314 e. The summed E-state index contributed by atoms with van der Waals surface area (Å²) in [4.78, 5) is 2.42. The molecule has 84 valence electrons. The zero-order valence-corrected chi connectivity index (χ0v) is 10.4. The molecule has 0 radical (unpaired) electrons. The highest BCUT2D eigenvalue weighted by atomic mass is 32.2. The number of nitrogens with zero attached hydrogens (tertiary/aromatic N) is 1. The number of likely N-dealkylation sites (tertiary alicyclic amines) is 1. The molecule has 0 unspecified atom stereocenters. The van der Waals surface area contributed by atoms with Crippen molar-refractivity contribution in [1.82, 2.24) is 10.2 Å². The SMILES string of the molecule is CSCCCCNC1CCN(C)CC1. The van der Waals surface area contributed by atoms with Crippen LogP contribution in [0.2, 0.25) is 0 Å². The van der Waals surface area contributed by atoms with E-state index < -0.39 is 0 Å². The lowest BCUT2D eigenvalue weighted by Crippen LogP contribution is -2.41. The van der Waals surface area contributed by atoms with Crippen LogP contribution in [0.1, 0.15) is 25.7 Å². The van der Waals surface area contributed by atoms with Crippen molar-refractivity contribution in [3.63, 3.8) is 0 Å². The van der Waals surface area contributed by atoms with Gasteiger partial charge >= 0.3 is 0 Å². The summed E-state index contributed by atoms with van der Waals surface area (Å²) < 4.78 is 0. The van der Waals surface area contributed by atoms with E-state index in [-0.39, 0.29) is 0 Å². The van der Waals surface area contributed by atoms with Gasteiger partial charge in [0, 0.05) is 6.04 Å². The van der Waals surface area contributed by atoms with Gasteiger partial charge in [-0.2, -0.15) is 11.8 Å². The van der Waals surface area contributed by atoms with E-state index >= 15 is 0 Å². The van der Waals surface area contributed by atoms with Crippen molar-refractivity contribution in [2.24, 2.45) is 0 Å². The molecule has 1 rings (SSSR count). The highest BCUT2D eigenvalue weighted by Gasteiger charge is 2.14. The molecule has 1 saturated heterocycles. The smallest absolute Gasteiger partial charge is 0.00914 e. The largest absolute Gasteiger partial charge is 0.314 e. The first-order valence-corrected chi connectivity index (χ1v) is 7.13. The lowest BCUT2D eigenvalue weighted by atomic mass is 10.1. The normalized spacial score (nSPS) is 20.1. The topological polar surface area (TPSA) is 15.3 Å². The molecule has 0 spiro atoms. The molecule has 0 aliphatic carbocycles. The number of hydrogen-bond donors (Lipinski definition) is 1. The van der Waals surface area contributed by atoms with Gasteiger partial charge in [0.2, 0.25) is 0 Å². The Morgan fingerprint density at radius 3 is 2.64 bits per heavy atom. The standard InChI is InChI=1S/C11H24N2S/c1-13-8-5-11(6-9-13)12-7-3-4-10-14-2/h11-12H,3-10H2,1-2H3. The first-order valence-electron chi connectivity index (χ1n) is 5.74. The summed E-state index contributed by atoms with van der Waals surface area (Å²) in [5.41, 5.74) is 0. The van der Waals surface area contributed by atoms with E-state index in [4.69, 9.17) is 0 Å². The number of rotatable bonds is 6. The monoisotopic (exact) mass is 216 g/mol. The Balaban J connectivity index is 1.91. The van der Waals surface area contributed by atoms with Crippen molar-refractivity contribution >= 4 is 11.8 Å². The van der Waals surface area contributed by atoms with Gasteiger partial charge < -0.3 is 10.2 Å². The summed E-state index contributed by atoms with van der Waals surface area (Å²) in [7, 11) is 2.22. The van der Waals surface area contributed by atoms with Crippen LogP contribution in [0, 0.1) is 0 Å². The van der Waals surface area contributed by atoms with Crippen molar-refractivity contribution in [3.8, 4) is 0 Å². The molecule has 0 bridgehead atoms. The van der Waals surface area contributed by atoms with Crippen molar-refractivity contribution in [2.75, 3.05) is 38.7 Å².